The van der Waals surface area contributed by atoms with Crippen molar-refractivity contribution in [3.05, 3.63) is 23.3 Å². The second-order valence-electron chi connectivity index (χ2n) is 3.97. The second-order valence-corrected chi connectivity index (χ2v) is 5.84. The molecule has 2 heterocycles. The van der Waals surface area contributed by atoms with Crippen LogP contribution in [0.5, 0.6) is 0 Å². The molecule has 2 aromatic heterocycles. The van der Waals surface area contributed by atoms with Gasteiger partial charge >= 0.3 is 5.97 Å². The smallest absolute Gasteiger partial charge is 0.313 e. The van der Waals surface area contributed by atoms with E-state index in [9.17, 15) is 4.79 Å². The fraction of sp³-hybridized carbons (Fsp3) is 0.364. The average Bonchev–Trinajstić information content (AvgIpc) is 2.95. The molecule has 0 amide bonds. The summed E-state index contributed by atoms with van der Waals surface area (Å²) in [6.07, 6.45) is 1.71. The molecular weight excluding hydrogens is 270 g/mol. The number of hydrogen-bond acceptors (Lipinski definition) is 5. The van der Waals surface area contributed by atoms with Gasteiger partial charge < -0.3 is 5.11 Å². The van der Waals surface area contributed by atoms with Crippen LogP contribution >= 0.6 is 23.1 Å². The van der Waals surface area contributed by atoms with Crippen LogP contribution in [0.3, 0.4) is 0 Å². The van der Waals surface area contributed by atoms with Gasteiger partial charge in [-0.3, -0.25) is 4.79 Å². The number of nitrogens with zero attached hydrogens (tertiary/aromatic N) is 3. The van der Waals surface area contributed by atoms with Gasteiger partial charge in [0.1, 0.15) is 5.03 Å². The van der Waals surface area contributed by atoms with Crippen molar-refractivity contribution < 1.29 is 9.90 Å². The predicted molar refractivity (Wildman–Crippen MR) is 71.7 cm³/mol. The minimum absolute atomic E-state index is 0.0224. The summed E-state index contributed by atoms with van der Waals surface area (Å²) < 4.78 is 1.72. The van der Waals surface area contributed by atoms with Crippen molar-refractivity contribution in [2.75, 3.05) is 5.75 Å². The predicted octanol–water partition coefficient (Wildman–Crippen LogP) is 2.63. The van der Waals surface area contributed by atoms with Crippen LogP contribution in [0.25, 0.3) is 5.13 Å². The van der Waals surface area contributed by atoms with E-state index in [0.29, 0.717) is 5.92 Å². The summed E-state index contributed by atoms with van der Waals surface area (Å²) in [5.41, 5.74) is 0.943. The Bertz CT molecular complexity index is 534. The maximum Gasteiger partial charge on any atom is 0.313 e. The zero-order chi connectivity index (χ0) is 13.1. The fourth-order valence-electron chi connectivity index (χ4n) is 1.36. The van der Waals surface area contributed by atoms with Crippen LogP contribution in [0.4, 0.5) is 0 Å². The Morgan fingerprint density at radius 1 is 1.61 bits per heavy atom. The van der Waals surface area contributed by atoms with Gasteiger partial charge in [-0.2, -0.15) is 9.78 Å². The zero-order valence-electron chi connectivity index (χ0n) is 10.0. The van der Waals surface area contributed by atoms with Gasteiger partial charge in [-0.05, 0) is 12.0 Å². The maximum absolute atomic E-state index is 10.6. The molecule has 0 aliphatic heterocycles. The minimum atomic E-state index is -0.835. The normalized spacial score (nSPS) is 11.1. The quantitative estimate of drug-likeness (QED) is 0.854. The molecule has 0 aliphatic carbocycles. The molecule has 0 saturated carbocycles. The first kappa shape index (κ1) is 13.1. The van der Waals surface area contributed by atoms with Crippen molar-refractivity contribution in [3.63, 3.8) is 0 Å². The highest BCUT2D eigenvalue weighted by molar-refractivity contribution is 7.99. The Balaban J connectivity index is 2.33. The van der Waals surface area contributed by atoms with Gasteiger partial charge in [0.15, 0.2) is 0 Å². The lowest BCUT2D eigenvalue weighted by Gasteiger charge is -2.01. The van der Waals surface area contributed by atoms with Crippen LogP contribution in [0.15, 0.2) is 22.7 Å². The number of hydrogen-bond donors (Lipinski definition) is 1. The summed E-state index contributed by atoms with van der Waals surface area (Å²) in [7, 11) is 0. The molecule has 0 atom stereocenters. The van der Waals surface area contributed by atoms with E-state index in [1.165, 1.54) is 23.1 Å². The largest absolute Gasteiger partial charge is 0.481 e. The second kappa shape index (κ2) is 5.53. The highest BCUT2D eigenvalue weighted by Crippen LogP contribution is 2.26. The third-order valence-corrected chi connectivity index (χ3v) is 3.96. The first-order chi connectivity index (χ1) is 8.58. The molecule has 5 nitrogen and oxygen atoms in total. The van der Waals surface area contributed by atoms with E-state index in [1.807, 2.05) is 11.4 Å². The van der Waals surface area contributed by atoms with E-state index in [1.54, 1.807) is 10.9 Å². The first-order valence-corrected chi connectivity index (χ1v) is 7.29. The highest BCUT2D eigenvalue weighted by atomic mass is 32.2. The van der Waals surface area contributed by atoms with Gasteiger partial charge in [-0.15, -0.1) is 11.3 Å². The van der Waals surface area contributed by atoms with Gasteiger partial charge in [0.2, 0.25) is 5.13 Å². The van der Waals surface area contributed by atoms with Gasteiger partial charge in [-0.1, -0.05) is 25.6 Å². The molecule has 2 aromatic rings. The molecule has 7 heteroatoms. The summed E-state index contributed by atoms with van der Waals surface area (Å²) in [6.45, 7) is 4.11. The van der Waals surface area contributed by atoms with Crippen molar-refractivity contribution in [1.82, 2.24) is 14.8 Å². The van der Waals surface area contributed by atoms with Crippen molar-refractivity contribution in [2.45, 2.75) is 24.8 Å². The van der Waals surface area contributed by atoms with Crippen LogP contribution in [0.2, 0.25) is 0 Å². The monoisotopic (exact) mass is 283 g/mol. The van der Waals surface area contributed by atoms with E-state index in [0.717, 1.165) is 15.9 Å². The first-order valence-electron chi connectivity index (χ1n) is 5.42. The summed E-state index contributed by atoms with van der Waals surface area (Å²) in [5.74, 6) is -0.511. The van der Waals surface area contributed by atoms with Crippen LogP contribution in [0, 0.1) is 0 Å². The Kier molecular flexibility index (Phi) is 4.03. The topological polar surface area (TPSA) is 68.0 Å². The van der Waals surface area contributed by atoms with Crippen molar-refractivity contribution in [1.29, 1.82) is 0 Å². The molecule has 0 spiro atoms. The van der Waals surface area contributed by atoms with Crippen LogP contribution in [-0.2, 0) is 4.79 Å². The highest BCUT2D eigenvalue weighted by Gasteiger charge is 2.14. The molecule has 96 valence electrons. The zero-order valence-corrected chi connectivity index (χ0v) is 11.7. The molecule has 0 unspecified atom stereocenters. The average molecular weight is 283 g/mol. The van der Waals surface area contributed by atoms with Gasteiger partial charge in [0, 0.05) is 11.6 Å². The van der Waals surface area contributed by atoms with Crippen LogP contribution < -0.4 is 0 Å². The van der Waals surface area contributed by atoms with E-state index in [2.05, 4.69) is 23.9 Å². The molecule has 18 heavy (non-hydrogen) atoms. The molecule has 2 rings (SSSR count). The number of aliphatic carboxylic acids is 1. The van der Waals surface area contributed by atoms with E-state index >= 15 is 0 Å². The molecular formula is C11H13N3O2S2. The summed E-state index contributed by atoms with van der Waals surface area (Å²) in [6, 6.07) is 1.93. The molecule has 0 bridgehead atoms. The lowest BCUT2D eigenvalue weighted by atomic mass is 10.1. The van der Waals surface area contributed by atoms with Crippen LogP contribution in [0.1, 0.15) is 25.5 Å². The molecule has 0 fully saturated rings. The number of thiazole rings is 1. The van der Waals surface area contributed by atoms with Crippen molar-refractivity contribution in [2.24, 2.45) is 0 Å². The third kappa shape index (κ3) is 2.91. The van der Waals surface area contributed by atoms with E-state index < -0.39 is 5.97 Å². The fourth-order valence-corrected chi connectivity index (χ4v) is 2.75. The lowest BCUT2D eigenvalue weighted by Crippen LogP contribution is -2.02. The van der Waals surface area contributed by atoms with Crippen LogP contribution in [-0.4, -0.2) is 31.6 Å². The molecule has 0 aromatic carbocycles. The number of aromatic nitrogens is 3. The lowest BCUT2D eigenvalue weighted by molar-refractivity contribution is -0.133. The third-order valence-electron chi connectivity index (χ3n) is 2.23. The molecule has 0 radical (unpaired) electrons. The van der Waals surface area contributed by atoms with Gasteiger partial charge in [0.05, 0.1) is 11.4 Å². The summed E-state index contributed by atoms with van der Waals surface area (Å²) >= 11 is 2.74. The summed E-state index contributed by atoms with van der Waals surface area (Å²) in [5, 5.41) is 16.7. The summed E-state index contributed by atoms with van der Waals surface area (Å²) in [4.78, 5) is 14.9. The number of carboxylic acids is 1. The maximum atomic E-state index is 10.6. The standard InChI is InChI=1S/C11H13N3O2S2/c1-7(2)8-5-9(18-6-10(15)16)14(13-8)11-12-3-4-17-11/h3-5,7H,6H2,1-2H3,(H,15,16). The number of carbonyl (C=O) groups is 1. The van der Waals surface area contributed by atoms with Crippen molar-refractivity contribution in [3.8, 4) is 5.13 Å². The number of thioether (sulfide) groups is 1. The molecule has 0 aliphatic rings. The SMILES string of the molecule is CC(C)c1cc(SCC(=O)O)n(-c2nccs2)n1. The minimum Gasteiger partial charge on any atom is -0.481 e. The Hall–Kier alpha value is -1.34. The molecule has 0 saturated heterocycles. The number of rotatable bonds is 5. The Morgan fingerprint density at radius 2 is 2.39 bits per heavy atom. The van der Waals surface area contributed by atoms with Gasteiger partial charge in [0.25, 0.3) is 0 Å². The Labute approximate surface area is 113 Å². The molecule has 1 N–H and O–H groups in total. The van der Waals surface area contributed by atoms with Gasteiger partial charge in [-0.25, -0.2) is 4.98 Å². The Morgan fingerprint density at radius 3 is 2.94 bits per heavy atom. The number of carboxylic acid groups (broad SMARTS) is 1. The van der Waals surface area contributed by atoms with E-state index in [-0.39, 0.29) is 5.75 Å². The van der Waals surface area contributed by atoms with E-state index in [4.69, 9.17) is 5.11 Å². The van der Waals surface area contributed by atoms with Crippen molar-refractivity contribution >= 4 is 29.1 Å².